The Morgan fingerprint density at radius 1 is 1.09 bits per heavy atom. The van der Waals surface area contributed by atoms with E-state index in [0.29, 0.717) is 45.0 Å². The number of nitrogens with one attached hydrogen (secondary N) is 2. The number of carbonyl (C=O) groups excluding carboxylic acids is 3. The SMILES string of the molecule is CC(c1c[nH]c2ccccc12)C(NC(=O)C1CCN(C(=O)N(C)c2ccccn2)CC1)C(=O)N(C)CC1OCC(N)CO1. The van der Waals surface area contributed by atoms with Crippen molar-refractivity contribution in [3.05, 3.63) is 60.4 Å². The van der Waals surface area contributed by atoms with Crippen LogP contribution in [0.4, 0.5) is 10.6 Å². The minimum Gasteiger partial charge on any atom is -0.361 e. The molecule has 0 saturated carbocycles. The van der Waals surface area contributed by atoms with Crippen LogP contribution >= 0.6 is 0 Å². The number of nitrogens with two attached hydrogens (primary N) is 1. The molecule has 2 unspecified atom stereocenters. The molecule has 0 spiro atoms. The summed E-state index contributed by atoms with van der Waals surface area (Å²) in [6.07, 6.45) is 3.96. The Labute approximate surface area is 251 Å². The number of aromatic amines is 1. The fourth-order valence-electron chi connectivity index (χ4n) is 5.73. The lowest BCUT2D eigenvalue weighted by atomic mass is 9.90. The van der Waals surface area contributed by atoms with Gasteiger partial charge in [-0.3, -0.25) is 14.5 Å². The van der Waals surface area contributed by atoms with Gasteiger partial charge in [-0.05, 0) is 36.6 Å². The van der Waals surface area contributed by atoms with Gasteiger partial charge in [0.05, 0.1) is 25.8 Å². The molecule has 2 saturated heterocycles. The van der Waals surface area contributed by atoms with E-state index in [0.717, 1.165) is 16.5 Å². The fraction of sp³-hybridized carbons (Fsp3) is 0.484. The van der Waals surface area contributed by atoms with Crippen molar-refractivity contribution in [2.75, 3.05) is 51.8 Å². The van der Waals surface area contributed by atoms with Crippen molar-refractivity contribution in [2.45, 2.75) is 44.1 Å². The summed E-state index contributed by atoms with van der Waals surface area (Å²) in [6.45, 7) is 3.75. The number of likely N-dealkylation sites (N-methyl/N-ethyl adjacent to an activating group) is 1. The highest BCUT2D eigenvalue weighted by atomic mass is 16.7. The molecular weight excluding hydrogens is 550 g/mol. The summed E-state index contributed by atoms with van der Waals surface area (Å²) in [5.41, 5.74) is 7.76. The number of aromatic nitrogens is 2. The molecule has 2 aliphatic heterocycles. The van der Waals surface area contributed by atoms with Gasteiger partial charge in [0.2, 0.25) is 11.8 Å². The second-order valence-electron chi connectivity index (χ2n) is 11.4. The monoisotopic (exact) mass is 591 g/mol. The lowest BCUT2D eigenvalue weighted by Crippen LogP contribution is -2.55. The van der Waals surface area contributed by atoms with Gasteiger partial charge in [-0.2, -0.15) is 0 Å². The van der Waals surface area contributed by atoms with Crippen LogP contribution in [0.15, 0.2) is 54.9 Å². The first-order valence-corrected chi connectivity index (χ1v) is 14.8. The van der Waals surface area contributed by atoms with E-state index in [2.05, 4.69) is 15.3 Å². The molecule has 4 amide bonds. The molecule has 4 heterocycles. The first kappa shape index (κ1) is 30.5. The zero-order valence-electron chi connectivity index (χ0n) is 24.9. The van der Waals surface area contributed by atoms with Gasteiger partial charge >= 0.3 is 6.03 Å². The molecule has 12 heteroatoms. The van der Waals surface area contributed by atoms with Crippen molar-refractivity contribution < 1.29 is 23.9 Å². The minimum atomic E-state index is -0.822. The second-order valence-corrected chi connectivity index (χ2v) is 11.4. The van der Waals surface area contributed by atoms with E-state index in [9.17, 15) is 14.4 Å². The molecule has 0 radical (unpaired) electrons. The molecule has 2 fully saturated rings. The molecule has 1 aromatic carbocycles. The van der Waals surface area contributed by atoms with Crippen molar-refractivity contribution in [3.8, 4) is 0 Å². The van der Waals surface area contributed by atoms with E-state index in [-0.39, 0.29) is 42.3 Å². The summed E-state index contributed by atoms with van der Waals surface area (Å²) in [6, 6.07) is 12.1. The Kier molecular flexibility index (Phi) is 9.59. The Balaban J connectivity index is 1.27. The van der Waals surface area contributed by atoms with Crippen molar-refractivity contribution in [3.63, 3.8) is 0 Å². The van der Waals surface area contributed by atoms with Crippen LogP contribution in [-0.2, 0) is 19.1 Å². The highest BCUT2D eigenvalue weighted by molar-refractivity contribution is 5.92. The minimum absolute atomic E-state index is 0.159. The van der Waals surface area contributed by atoms with Crippen molar-refractivity contribution in [1.82, 2.24) is 25.1 Å². The van der Waals surface area contributed by atoms with Gasteiger partial charge in [0.1, 0.15) is 11.9 Å². The summed E-state index contributed by atoms with van der Waals surface area (Å²) in [7, 11) is 3.38. The predicted octanol–water partition coefficient (Wildman–Crippen LogP) is 2.28. The van der Waals surface area contributed by atoms with Gasteiger partial charge in [-0.15, -0.1) is 0 Å². The number of ether oxygens (including phenoxy) is 2. The molecule has 0 bridgehead atoms. The molecule has 2 aliphatic rings. The van der Waals surface area contributed by atoms with Crippen LogP contribution in [0, 0.1) is 5.92 Å². The number of benzene rings is 1. The number of H-pyrrole nitrogens is 1. The van der Waals surface area contributed by atoms with Crippen molar-refractivity contribution in [1.29, 1.82) is 0 Å². The predicted molar refractivity (Wildman–Crippen MR) is 162 cm³/mol. The zero-order valence-corrected chi connectivity index (χ0v) is 24.9. The second kappa shape index (κ2) is 13.5. The number of amides is 4. The Morgan fingerprint density at radius 2 is 1.79 bits per heavy atom. The number of hydrogen-bond donors (Lipinski definition) is 3. The fourth-order valence-corrected chi connectivity index (χ4v) is 5.73. The molecule has 43 heavy (non-hydrogen) atoms. The Bertz CT molecular complexity index is 1400. The highest BCUT2D eigenvalue weighted by Gasteiger charge is 2.36. The molecule has 12 nitrogen and oxygen atoms in total. The number of para-hydroxylation sites is 1. The van der Waals surface area contributed by atoms with E-state index in [1.54, 1.807) is 42.2 Å². The van der Waals surface area contributed by atoms with Gasteiger partial charge in [0.25, 0.3) is 0 Å². The van der Waals surface area contributed by atoms with Crippen LogP contribution in [0.5, 0.6) is 0 Å². The molecule has 230 valence electrons. The Morgan fingerprint density at radius 3 is 2.49 bits per heavy atom. The van der Waals surface area contributed by atoms with E-state index in [1.165, 1.54) is 4.90 Å². The summed E-state index contributed by atoms with van der Waals surface area (Å²) in [5.74, 6) is -0.523. The number of rotatable bonds is 8. The summed E-state index contributed by atoms with van der Waals surface area (Å²) >= 11 is 0. The molecule has 2 atom stereocenters. The third kappa shape index (κ3) is 6.98. The maximum atomic E-state index is 13.9. The smallest absolute Gasteiger partial charge is 0.325 e. The quantitative estimate of drug-likeness (QED) is 0.364. The number of nitrogens with zero attached hydrogens (tertiary/aromatic N) is 4. The number of likely N-dealkylation sites (tertiary alicyclic amines) is 1. The Hall–Kier alpha value is -4.00. The molecule has 3 aromatic rings. The first-order chi connectivity index (χ1) is 20.7. The largest absolute Gasteiger partial charge is 0.361 e. The van der Waals surface area contributed by atoms with E-state index in [4.69, 9.17) is 15.2 Å². The van der Waals surface area contributed by atoms with Crippen LogP contribution in [-0.4, -0.2) is 103 Å². The maximum absolute atomic E-state index is 13.9. The summed E-state index contributed by atoms with van der Waals surface area (Å²) < 4.78 is 11.3. The molecule has 2 aromatic heterocycles. The lowest BCUT2D eigenvalue weighted by molar-refractivity contribution is -0.193. The van der Waals surface area contributed by atoms with E-state index < -0.39 is 12.3 Å². The number of carbonyl (C=O) groups is 3. The topological polar surface area (TPSA) is 146 Å². The normalized spacial score (nSPS) is 20.8. The maximum Gasteiger partial charge on any atom is 0.325 e. The zero-order chi connectivity index (χ0) is 30.5. The standard InChI is InChI=1S/C31H41N7O5/c1-20(24-16-34-25-9-5-4-8-23(24)25)28(30(40)36(2)17-27-42-18-22(32)19-43-27)35-29(39)21-11-14-38(15-12-21)31(41)37(3)26-10-6-7-13-33-26/h4-10,13,16,20-22,27-28,34H,11-12,14-15,17-19,32H2,1-3H3,(H,35,39). The number of hydrogen-bond acceptors (Lipinski definition) is 7. The number of piperidine rings is 1. The number of anilines is 1. The lowest BCUT2D eigenvalue weighted by Gasteiger charge is -2.36. The highest BCUT2D eigenvalue weighted by Crippen LogP contribution is 2.29. The molecular formula is C31H41N7O5. The third-order valence-electron chi connectivity index (χ3n) is 8.38. The van der Waals surface area contributed by atoms with Crippen molar-refractivity contribution >= 4 is 34.6 Å². The number of urea groups is 1. The summed E-state index contributed by atoms with van der Waals surface area (Å²) in [5, 5.41) is 4.09. The molecule has 0 aliphatic carbocycles. The van der Waals surface area contributed by atoms with Crippen molar-refractivity contribution in [2.24, 2.45) is 11.7 Å². The van der Waals surface area contributed by atoms with Gasteiger partial charge in [0.15, 0.2) is 6.29 Å². The third-order valence-corrected chi connectivity index (χ3v) is 8.38. The van der Waals surface area contributed by atoms with Gasteiger partial charge in [0, 0.05) is 62.3 Å². The van der Waals surface area contributed by atoms with E-state index in [1.807, 2.05) is 43.5 Å². The number of pyridine rings is 1. The van der Waals surface area contributed by atoms with Crippen LogP contribution < -0.4 is 16.0 Å². The summed E-state index contributed by atoms with van der Waals surface area (Å²) in [4.78, 5) is 53.0. The van der Waals surface area contributed by atoms with Crippen LogP contribution in [0.1, 0.15) is 31.2 Å². The van der Waals surface area contributed by atoms with Gasteiger partial charge in [-0.25, -0.2) is 9.78 Å². The first-order valence-electron chi connectivity index (χ1n) is 14.8. The van der Waals surface area contributed by atoms with E-state index >= 15 is 0 Å². The van der Waals surface area contributed by atoms with Gasteiger partial charge < -0.3 is 35.3 Å². The van der Waals surface area contributed by atoms with Crippen LogP contribution in [0.3, 0.4) is 0 Å². The van der Waals surface area contributed by atoms with Crippen LogP contribution in [0.2, 0.25) is 0 Å². The molecule has 4 N–H and O–H groups in total. The number of fused-ring (bicyclic) bond motifs is 1. The van der Waals surface area contributed by atoms with Gasteiger partial charge in [-0.1, -0.05) is 31.2 Å². The average molecular weight is 592 g/mol. The average Bonchev–Trinajstić information content (AvgIpc) is 3.48. The molecule has 5 rings (SSSR count). The van der Waals surface area contributed by atoms with Crippen LogP contribution in [0.25, 0.3) is 10.9 Å².